The maximum Gasteiger partial charge on any atom is 0.00917 e. The van der Waals surface area contributed by atoms with E-state index in [9.17, 15) is 0 Å². The van der Waals surface area contributed by atoms with Crippen LogP contribution in [-0.4, -0.2) is 7.05 Å². The van der Waals surface area contributed by atoms with Gasteiger partial charge in [0.25, 0.3) is 0 Å². The lowest BCUT2D eigenvalue weighted by molar-refractivity contribution is 0.421. The average molecular weight is 285 g/mol. The van der Waals surface area contributed by atoms with Gasteiger partial charge in [-0.25, -0.2) is 0 Å². The molecule has 1 nitrogen and oxygen atoms in total. The number of allylic oxidation sites excluding steroid dienone is 2. The number of benzene rings is 1. The Morgan fingerprint density at radius 1 is 1.24 bits per heavy atom. The van der Waals surface area contributed by atoms with E-state index in [2.05, 4.69) is 64.4 Å². The number of aryl methyl sites for hydroxylation is 1. The minimum Gasteiger partial charge on any atom is -0.391 e. The third kappa shape index (κ3) is 4.77. The Labute approximate surface area is 131 Å². The van der Waals surface area contributed by atoms with Gasteiger partial charge < -0.3 is 5.32 Å². The fraction of sp³-hybridized carbons (Fsp3) is 0.500. The van der Waals surface area contributed by atoms with Crippen LogP contribution in [0.2, 0.25) is 0 Å². The Morgan fingerprint density at radius 3 is 2.43 bits per heavy atom. The molecule has 0 atom stereocenters. The molecule has 0 unspecified atom stereocenters. The molecule has 0 fully saturated rings. The van der Waals surface area contributed by atoms with E-state index in [1.54, 1.807) is 0 Å². The van der Waals surface area contributed by atoms with Crippen molar-refractivity contribution in [3.8, 4) is 0 Å². The van der Waals surface area contributed by atoms with Gasteiger partial charge >= 0.3 is 0 Å². The molecule has 0 aliphatic carbocycles. The summed E-state index contributed by atoms with van der Waals surface area (Å²) in [5, 5.41) is 3.20. The van der Waals surface area contributed by atoms with Gasteiger partial charge in [-0.2, -0.15) is 0 Å². The molecular weight excluding hydrogens is 254 g/mol. The maximum absolute atomic E-state index is 4.13. The highest BCUT2D eigenvalue weighted by molar-refractivity contribution is 5.65. The van der Waals surface area contributed by atoms with Crippen molar-refractivity contribution in [2.24, 2.45) is 5.41 Å². The molecule has 1 aromatic carbocycles. The SMILES string of the molecule is C=C(C)c1ccc(CC(C)(C)C(=C)NC)cc1CCCC. The van der Waals surface area contributed by atoms with E-state index in [4.69, 9.17) is 0 Å². The van der Waals surface area contributed by atoms with E-state index >= 15 is 0 Å². The van der Waals surface area contributed by atoms with Gasteiger partial charge in [-0.05, 0) is 42.9 Å². The number of rotatable bonds is 8. The summed E-state index contributed by atoms with van der Waals surface area (Å²) in [6, 6.07) is 6.84. The zero-order valence-electron chi connectivity index (χ0n) is 14.5. The second-order valence-corrected chi connectivity index (χ2v) is 6.66. The van der Waals surface area contributed by atoms with Crippen molar-refractivity contribution in [1.82, 2.24) is 5.32 Å². The van der Waals surface area contributed by atoms with Crippen molar-refractivity contribution in [2.45, 2.75) is 53.4 Å². The molecule has 0 radical (unpaired) electrons. The molecule has 1 N–H and O–H groups in total. The summed E-state index contributed by atoms with van der Waals surface area (Å²) < 4.78 is 0. The smallest absolute Gasteiger partial charge is 0.00917 e. The van der Waals surface area contributed by atoms with Gasteiger partial charge in [0.05, 0.1) is 0 Å². The Kier molecular flexibility index (Phi) is 6.26. The normalized spacial score (nSPS) is 11.3. The molecule has 0 saturated heterocycles. The molecule has 1 rings (SSSR count). The maximum atomic E-state index is 4.13. The second-order valence-electron chi connectivity index (χ2n) is 6.66. The molecule has 0 heterocycles. The molecule has 0 bridgehead atoms. The Morgan fingerprint density at radius 2 is 1.90 bits per heavy atom. The van der Waals surface area contributed by atoms with Crippen molar-refractivity contribution in [3.05, 3.63) is 53.7 Å². The molecule has 21 heavy (non-hydrogen) atoms. The zero-order valence-corrected chi connectivity index (χ0v) is 14.5. The zero-order chi connectivity index (χ0) is 16.0. The van der Waals surface area contributed by atoms with Gasteiger partial charge in [0.1, 0.15) is 0 Å². The molecule has 0 aliphatic rings. The summed E-state index contributed by atoms with van der Waals surface area (Å²) >= 11 is 0. The van der Waals surface area contributed by atoms with Crippen LogP contribution < -0.4 is 5.32 Å². The minimum atomic E-state index is 0.0571. The Bertz CT molecular complexity index is 509. The molecule has 0 amide bonds. The molecule has 1 aromatic rings. The largest absolute Gasteiger partial charge is 0.391 e. The minimum absolute atomic E-state index is 0.0571. The first-order valence-corrected chi connectivity index (χ1v) is 7.96. The first kappa shape index (κ1) is 17.6. The van der Waals surface area contributed by atoms with Gasteiger partial charge in [0.2, 0.25) is 0 Å². The molecule has 116 valence electrons. The van der Waals surface area contributed by atoms with E-state index in [1.807, 2.05) is 7.05 Å². The standard InChI is InChI=1S/C20H31N/c1-8-9-10-18-13-17(11-12-19(18)15(2)3)14-20(5,6)16(4)21-7/h11-13,21H,2,4,8-10,14H2,1,3,5-7H3. The summed E-state index contributed by atoms with van der Waals surface area (Å²) in [7, 11) is 1.95. The molecule has 1 heteroatoms. The van der Waals surface area contributed by atoms with Crippen LogP contribution >= 0.6 is 0 Å². The van der Waals surface area contributed by atoms with Crippen LogP contribution in [0, 0.1) is 5.41 Å². The lowest BCUT2D eigenvalue weighted by Gasteiger charge is -2.27. The molecule has 0 aromatic heterocycles. The number of unbranched alkanes of at least 4 members (excludes halogenated alkanes) is 1. The van der Waals surface area contributed by atoms with Gasteiger partial charge in [-0.1, -0.05) is 64.1 Å². The lowest BCUT2D eigenvalue weighted by Crippen LogP contribution is -2.25. The van der Waals surface area contributed by atoms with Gasteiger partial charge in [0, 0.05) is 18.2 Å². The number of nitrogens with one attached hydrogen (secondary N) is 1. The van der Waals surface area contributed by atoms with E-state index in [0.717, 1.165) is 24.1 Å². The van der Waals surface area contributed by atoms with Crippen molar-refractivity contribution < 1.29 is 0 Å². The fourth-order valence-electron chi connectivity index (χ4n) is 2.70. The highest BCUT2D eigenvalue weighted by Gasteiger charge is 2.22. The highest BCUT2D eigenvalue weighted by Crippen LogP contribution is 2.30. The lowest BCUT2D eigenvalue weighted by atomic mass is 9.82. The first-order chi connectivity index (χ1) is 9.81. The first-order valence-electron chi connectivity index (χ1n) is 7.96. The Hall–Kier alpha value is -1.50. The van der Waals surface area contributed by atoms with Gasteiger partial charge in [0.15, 0.2) is 0 Å². The average Bonchev–Trinajstić information content (AvgIpc) is 2.43. The van der Waals surface area contributed by atoms with Crippen molar-refractivity contribution in [3.63, 3.8) is 0 Å². The molecular formula is C20H31N. The fourth-order valence-corrected chi connectivity index (χ4v) is 2.70. The van der Waals surface area contributed by atoms with Crippen LogP contribution in [0.4, 0.5) is 0 Å². The quantitative estimate of drug-likeness (QED) is 0.677. The van der Waals surface area contributed by atoms with Crippen molar-refractivity contribution in [1.29, 1.82) is 0 Å². The third-order valence-corrected chi connectivity index (χ3v) is 4.19. The molecule has 0 saturated carbocycles. The van der Waals surface area contributed by atoms with Crippen molar-refractivity contribution >= 4 is 5.57 Å². The highest BCUT2D eigenvalue weighted by atomic mass is 14.8. The third-order valence-electron chi connectivity index (χ3n) is 4.19. The van der Waals surface area contributed by atoms with Crippen LogP contribution in [-0.2, 0) is 12.8 Å². The van der Waals surface area contributed by atoms with Crippen molar-refractivity contribution in [2.75, 3.05) is 7.05 Å². The molecule has 0 spiro atoms. The van der Waals surface area contributed by atoms with Crippen LogP contribution in [0.3, 0.4) is 0 Å². The topological polar surface area (TPSA) is 12.0 Å². The number of hydrogen-bond donors (Lipinski definition) is 1. The van der Waals surface area contributed by atoms with E-state index in [-0.39, 0.29) is 5.41 Å². The van der Waals surface area contributed by atoms with E-state index in [1.165, 1.54) is 29.5 Å². The summed E-state index contributed by atoms with van der Waals surface area (Å²) in [4.78, 5) is 0. The monoisotopic (exact) mass is 285 g/mol. The predicted octanol–water partition coefficient (Wildman–Crippen LogP) is 5.36. The molecule has 0 aliphatic heterocycles. The second kappa shape index (κ2) is 7.49. The van der Waals surface area contributed by atoms with Crippen LogP contribution in [0.15, 0.2) is 37.1 Å². The summed E-state index contributed by atoms with van der Waals surface area (Å²) in [5.41, 5.74) is 6.44. The van der Waals surface area contributed by atoms with E-state index < -0.39 is 0 Å². The van der Waals surface area contributed by atoms with Crippen LogP contribution in [0.5, 0.6) is 0 Å². The predicted molar refractivity (Wildman–Crippen MR) is 95.4 cm³/mol. The van der Waals surface area contributed by atoms with E-state index in [0.29, 0.717) is 0 Å². The Balaban J connectivity index is 3.04. The van der Waals surface area contributed by atoms with Gasteiger partial charge in [-0.3, -0.25) is 0 Å². The summed E-state index contributed by atoms with van der Waals surface area (Å²) in [5.74, 6) is 0. The van der Waals surface area contributed by atoms with Crippen LogP contribution in [0.1, 0.15) is 57.2 Å². The number of hydrogen-bond acceptors (Lipinski definition) is 1. The summed E-state index contributed by atoms with van der Waals surface area (Å²) in [6.45, 7) is 17.1. The van der Waals surface area contributed by atoms with Crippen LogP contribution in [0.25, 0.3) is 5.57 Å². The van der Waals surface area contributed by atoms with Gasteiger partial charge in [-0.15, -0.1) is 0 Å². The summed E-state index contributed by atoms with van der Waals surface area (Å²) in [6.07, 6.45) is 4.60.